The van der Waals surface area contributed by atoms with E-state index in [2.05, 4.69) is 17.4 Å². The van der Waals surface area contributed by atoms with Crippen molar-refractivity contribution in [1.29, 1.82) is 0 Å². The van der Waals surface area contributed by atoms with Crippen LogP contribution in [0.2, 0.25) is 0 Å². The van der Waals surface area contributed by atoms with Crippen LogP contribution >= 0.6 is 0 Å². The molecule has 0 bridgehead atoms. The van der Waals surface area contributed by atoms with Crippen molar-refractivity contribution in [2.24, 2.45) is 0 Å². The van der Waals surface area contributed by atoms with Crippen LogP contribution in [0.15, 0.2) is 52.3 Å². The molecule has 1 aliphatic carbocycles. The molecule has 0 saturated heterocycles. The zero-order chi connectivity index (χ0) is 21.0. The summed E-state index contributed by atoms with van der Waals surface area (Å²) in [6.07, 6.45) is 3.76. The molecule has 0 spiro atoms. The Morgan fingerprint density at radius 1 is 1.14 bits per heavy atom. The fourth-order valence-corrected chi connectivity index (χ4v) is 5.23. The summed E-state index contributed by atoms with van der Waals surface area (Å²) in [5, 5.41) is 2.98. The highest BCUT2D eigenvalue weighted by Gasteiger charge is 2.23. The van der Waals surface area contributed by atoms with Gasteiger partial charge in [0.15, 0.2) is 0 Å². The average molecular weight is 418 g/mol. The molecule has 1 amide bonds. The van der Waals surface area contributed by atoms with Crippen molar-refractivity contribution < 1.29 is 13.2 Å². The molecule has 1 atom stereocenters. The van der Waals surface area contributed by atoms with Crippen molar-refractivity contribution in [3.63, 3.8) is 0 Å². The monoisotopic (exact) mass is 417 g/mol. The molecule has 7 nitrogen and oxygen atoms in total. The fourth-order valence-electron chi connectivity index (χ4n) is 3.75. The van der Waals surface area contributed by atoms with Crippen molar-refractivity contribution in [1.82, 2.24) is 14.2 Å². The summed E-state index contributed by atoms with van der Waals surface area (Å²) in [6.45, 7) is 3.97. The van der Waals surface area contributed by atoms with Crippen LogP contribution in [0.1, 0.15) is 31.4 Å². The van der Waals surface area contributed by atoms with Crippen molar-refractivity contribution in [2.45, 2.75) is 50.6 Å². The second-order valence-corrected chi connectivity index (χ2v) is 9.13. The van der Waals surface area contributed by atoms with Crippen LogP contribution in [0.25, 0.3) is 0 Å². The van der Waals surface area contributed by atoms with Crippen LogP contribution in [0.3, 0.4) is 0 Å². The second-order valence-electron chi connectivity index (χ2n) is 7.20. The van der Waals surface area contributed by atoms with Crippen LogP contribution in [-0.2, 0) is 34.2 Å². The Kier molecular flexibility index (Phi) is 6.54. The van der Waals surface area contributed by atoms with Crippen LogP contribution in [0.5, 0.6) is 0 Å². The zero-order valence-electron chi connectivity index (χ0n) is 16.8. The molecule has 0 aliphatic heterocycles. The molecule has 0 fully saturated rings. The second kappa shape index (κ2) is 8.92. The summed E-state index contributed by atoms with van der Waals surface area (Å²) in [6, 6.07) is 10.7. The van der Waals surface area contributed by atoms with Gasteiger partial charge in [0.2, 0.25) is 15.9 Å². The lowest BCUT2D eigenvalue weighted by atomic mass is 9.88. The van der Waals surface area contributed by atoms with Crippen LogP contribution in [0, 0.1) is 0 Å². The summed E-state index contributed by atoms with van der Waals surface area (Å²) in [7, 11) is -3.70. The first kappa shape index (κ1) is 21.3. The number of hydrogen-bond donors (Lipinski definition) is 1. The minimum atomic E-state index is -3.70. The number of fused-ring (bicyclic) bond motifs is 1. The molecule has 0 radical (unpaired) electrons. The van der Waals surface area contributed by atoms with E-state index in [0.29, 0.717) is 13.1 Å². The summed E-state index contributed by atoms with van der Waals surface area (Å²) in [5.74, 6) is -0.297. The maximum absolute atomic E-state index is 12.7. The Morgan fingerprint density at radius 2 is 1.83 bits per heavy atom. The lowest BCUT2D eigenvalue weighted by Crippen LogP contribution is -2.41. The molecule has 1 aliphatic rings. The number of aromatic nitrogens is 1. The Labute approximate surface area is 171 Å². The smallest absolute Gasteiger partial charge is 0.251 e. The highest BCUT2D eigenvalue weighted by molar-refractivity contribution is 7.89. The molecular formula is C21H27N3O4S. The van der Waals surface area contributed by atoms with Crippen molar-refractivity contribution in [2.75, 3.05) is 13.1 Å². The fraction of sp³-hybridized carbons (Fsp3) is 0.429. The molecular weight excluding hydrogens is 390 g/mol. The number of pyridine rings is 1. The van der Waals surface area contributed by atoms with Gasteiger partial charge in [-0.15, -0.1) is 0 Å². The minimum Gasteiger partial charge on any atom is -0.351 e. The molecule has 2 aromatic rings. The van der Waals surface area contributed by atoms with E-state index in [1.807, 2.05) is 12.1 Å². The number of nitrogens with one attached hydrogen (secondary N) is 1. The van der Waals surface area contributed by atoms with E-state index in [1.165, 1.54) is 33.8 Å². The molecule has 0 saturated carbocycles. The van der Waals surface area contributed by atoms with Gasteiger partial charge in [0.1, 0.15) is 6.54 Å². The number of sulfonamides is 1. The molecule has 1 unspecified atom stereocenters. The maximum atomic E-state index is 12.7. The minimum absolute atomic E-state index is 0.00990. The van der Waals surface area contributed by atoms with E-state index < -0.39 is 15.6 Å². The predicted molar refractivity (Wildman–Crippen MR) is 111 cm³/mol. The number of rotatable bonds is 7. The van der Waals surface area contributed by atoms with Crippen LogP contribution in [-0.4, -0.2) is 42.3 Å². The molecule has 1 aromatic heterocycles. The van der Waals surface area contributed by atoms with E-state index in [-0.39, 0.29) is 23.4 Å². The summed E-state index contributed by atoms with van der Waals surface area (Å²) >= 11 is 0. The van der Waals surface area contributed by atoms with E-state index in [4.69, 9.17) is 0 Å². The van der Waals surface area contributed by atoms with E-state index in [1.54, 1.807) is 13.8 Å². The van der Waals surface area contributed by atoms with Gasteiger partial charge in [-0.25, -0.2) is 8.42 Å². The standard InChI is InChI=1S/C21H27N3O4S/c1-3-24(4-2)29(27,28)19-11-12-21(26)23(14-19)15-20(25)22-18-10-9-16-7-5-6-8-17(16)13-18/h5-8,11-12,14,18H,3-4,9-10,13,15H2,1-2H3,(H,22,25). The highest BCUT2D eigenvalue weighted by Crippen LogP contribution is 2.21. The molecule has 29 heavy (non-hydrogen) atoms. The largest absolute Gasteiger partial charge is 0.351 e. The number of carbonyl (C=O) groups is 1. The lowest BCUT2D eigenvalue weighted by Gasteiger charge is -2.25. The summed E-state index contributed by atoms with van der Waals surface area (Å²) in [5.41, 5.74) is 2.13. The third-order valence-corrected chi connectivity index (χ3v) is 7.36. The Morgan fingerprint density at radius 3 is 2.52 bits per heavy atom. The third-order valence-electron chi connectivity index (χ3n) is 5.33. The Hall–Kier alpha value is -2.45. The molecule has 1 heterocycles. The predicted octanol–water partition coefficient (Wildman–Crippen LogP) is 1.55. The molecule has 3 rings (SSSR count). The van der Waals surface area contributed by atoms with E-state index in [0.717, 1.165) is 23.8 Å². The molecule has 156 valence electrons. The van der Waals surface area contributed by atoms with Gasteiger partial charge in [-0.1, -0.05) is 38.1 Å². The summed E-state index contributed by atoms with van der Waals surface area (Å²) < 4.78 is 27.8. The molecule has 1 N–H and O–H groups in total. The van der Waals surface area contributed by atoms with Crippen molar-refractivity contribution >= 4 is 15.9 Å². The Bertz CT molecular complexity index is 1040. The quantitative estimate of drug-likeness (QED) is 0.740. The van der Waals surface area contributed by atoms with Gasteiger partial charge < -0.3 is 9.88 Å². The number of hydrogen-bond acceptors (Lipinski definition) is 4. The first-order valence-corrected chi connectivity index (χ1v) is 11.4. The normalized spacial score (nSPS) is 16.4. The summed E-state index contributed by atoms with van der Waals surface area (Å²) in [4.78, 5) is 24.7. The van der Waals surface area contributed by atoms with Gasteiger partial charge in [0.05, 0.1) is 4.90 Å². The number of carbonyl (C=O) groups excluding carboxylic acids is 1. The van der Waals surface area contributed by atoms with Crippen molar-refractivity contribution in [3.05, 3.63) is 64.1 Å². The van der Waals surface area contributed by atoms with Crippen LogP contribution in [0.4, 0.5) is 0 Å². The van der Waals surface area contributed by atoms with Gasteiger partial charge in [-0.05, 0) is 36.5 Å². The number of benzene rings is 1. The number of amides is 1. The SMILES string of the molecule is CCN(CC)S(=O)(=O)c1ccc(=O)n(CC(=O)NC2CCc3ccccc3C2)c1. The first-order valence-electron chi connectivity index (χ1n) is 9.92. The number of aryl methyl sites for hydroxylation is 1. The third kappa shape index (κ3) is 4.76. The highest BCUT2D eigenvalue weighted by atomic mass is 32.2. The van der Waals surface area contributed by atoms with Crippen molar-refractivity contribution in [3.8, 4) is 0 Å². The molecule has 1 aromatic carbocycles. The maximum Gasteiger partial charge on any atom is 0.251 e. The Balaban J connectivity index is 1.72. The zero-order valence-corrected chi connectivity index (χ0v) is 17.6. The first-order chi connectivity index (χ1) is 13.8. The lowest BCUT2D eigenvalue weighted by molar-refractivity contribution is -0.122. The van der Waals surface area contributed by atoms with Crippen LogP contribution < -0.4 is 10.9 Å². The van der Waals surface area contributed by atoms with Gasteiger partial charge in [0, 0.05) is 31.4 Å². The van der Waals surface area contributed by atoms with Gasteiger partial charge >= 0.3 is 0 Å². The van der Waals surface area contributed by atoms with Gasteiger partial charge in [0.25, 0.3) is 5.56 Å². The van der Waals surface area contributed by atoms with E-state index in [9.17, 15) is 18.0 Å². The van der Waals surface area contributed by atoms with E-state index >= 15 is 0 Å². The molecule has 8 heteroatoms. The van der Waals surface area contributed by atoms with Gasteiger partial charge in [-0.3, -0.25) is 9.59 Å². The number of nitrogens with zero attached hydrogens (tertiary/aromatic N) is 2. The van der Waals surface area contributed by atoms with Gasteiger partial charge in [-0.2, -0.15) is 4.31 Å². The average Bonchev–Trinajstić information content (AvgIpc) is 2.70. The topological polar surface area (TPSA) is 88.5 Å².